The summed E-state index contributed by atoms with van der Waals surface area (Å²) >= 11 is 1.54. The molecule has 0 amide bonds. The fraction of sp³-hybridized carbons (Fsp3) is 0.440. The average molecular weight is 472 g/mol. The number of aromatic carboxylic acids is 1. The maximum absolute atomic E-state index is 12.7. The molecule has 7 nitrogen and oxygen atoms in total. The lowest BCUT2D eigenvalue weighted by Gasteiger charge is -2.12. The third-order valence-corrected chi connectivity index (χ3v) is 6.99. The standard InChI is InChI=1S/C25H29NO6S/c1-2-30-22-15-17(25(28)29)9-12-21(22)32-14-6-5-13-31-19-10-11-20-23(16-19)33-26(24(20)27)18-7-3-4-8-18/h9-12,15-16,18H,2-8,13-14H2,1H3,(H,28,29). The van der Waals surface area contributed by atoms with Crippen molar-refractivity contribution in [2.24, 2.45) is 0 Å². The molecule has 176 valence electrons. The number of carboxylic acid groups (broad SMARTS) is 1. The number of hydrogen-bond acceptors (Lipinski definition) is 6. The maximum Gasteiger partial charge on any atom is 0.335 e. The van der Waals surface area contributed by atoms with Gasteiger partial charge in [0, 0.05) is 6.04 Å². The Morgan fingerprint density at radius 3 is 2.52 bits per heavy atom. The summed E-state index contributed by atoms with van der Waals surface area (Å²) < 4.78 is 20.1. The van der Waals surface area contributed by atoms with Crippen LogP contribution in [0.3, 0.4) is 0 Å². The first-order valence-corrected chi connectivity index (χ1v) is 12.3. The molecule has 1 aliphatic rings. The van der Waals surface area contributed by atoms with Gasteiger partial charge in [0.15, 0.2) is 11.5 Å². The van der Waals surface area contributed by atoms with Crippen molar-refractivity contribution in [1.82, 2.24) is 3.96 Å². The largest absolute Gasteiger partial charge is 0.494 e. The summed E-state index contributed by atoms with van der Waals surface area (Å²) in [7, 11) is 0. The summed E-state index contributed by atoms with van der Waals surface area (Å²) in [6.45, 7) is 3.29. The second-order valence-corrected chi connectivity index (χ2v) is 9.14. The molecular weight excluding hydrogens is 442 g/mol. The molecule has 3 aromatic rings. The van der Waals surface area contributed by atoms with E-state index < -0.39 is 5.97 Å². The topological polar surface area (TPSA) is 87.0 Å². The average Bonchev–Trinajstić information content (AvgIpc) is 3.45. The lowest BCUT2D eigenvalue weighted by atomic mass is 10.2. The molecule has 0 spiro atoms. The van der Waals surface area contributed by atoms with Crippen molar-refractivity contribution in [1.29, 1.82) is 0 Å². The minimum atomic E-state index is -1.000. The normalized spacial score (nSPS) is 14.0. The number of aromatic nitrogens is 1. The van der Waals surface area contributed by atoms with Crippen LogP contribution in [0.4, 0.5) is 0 Å². The molecule has 1 aliphatic carbocycles. The second kappa shape index (κ2) is 10.7. The fourth-order valence-corrected chi connectivity index (χ4v) is 5.27. The van der Waals surface area contributed by atoms with Crippen LogP contribution in [0.5, 0.6) is 17.2 Å². The Bertz CT molecular complexity index is 1160. The molecule has 33 heavy (non-hydrogen) atoms. The molecule has 0 radical (unpaired) electrons. The van der Waals surface area contributed by atoms with Gasteiger partial charge in [-0.25, -0.2) is 4.79 Å². The highest BCUT2D eigenvalue weighted by Crippen LogP contribution is 2.33. The SMILES string of the molecule is CCOc1cc(C(=O)O)ccc1OCCCCOc1ccc2c(=O)n(C3CCCC3)sc2c1. The van der Waals surface area contributed by atoms with Crippen LogP contribution in [-0.4, -0.2) is 34.9 Å². The molecule has 1 aromatic heterocycles. The minimum Gasteiger partial charge on any atom is -0.494 e. The lowest BCUT2D eigenvalue weighted by Crippen LogP contribution is -2.16. The van der Waals surface area contributed by atoms with Crippen molar-refractivity contribution in [3.8, 4) is 17.2 Å². The Morgan fingerprint density at radius 2 is 1.79 bits per heavy atom. The summed E-state index contributed by atoms with van der Waals surface area (Å²) in [4.78, 5) is 23.8. The molecular formula is C25H29NO6S. The van der Waals surface area contributed by atoms with Crippen molar-refractivity contribution in [2.45, 2.75) is 51.5 Å². The number of rotatable bonds is 11. The first-order chi connectivity index (χ1) is 16.1. The van der Waals surface area contributed by atoms with Gasteiger partial charge in [0.2, 0.25) is 0 Å². The van der Waals surface area contributed by atoms with E-state index in [2.05, 4.69) is 0 Å². The molecule has 2 aromatic carbocycles. The van der Waals surface area contributed by atoms with E-state index in [4.69, 9.17) is 19.3 Å². The van der Waals surface area contributed by atoms with E-state index in [0.717, 1.165) is 41.5 Å². The molecule has 0 bridgehead atoms. The number of carbonyl (C=O) groups is 1. The van der Waals surface area contributed by atoms with E-state index >= 15 is 0 Å². The minimum absolute atomic E-state index is 0.119. The number of carboxylic acids is 1. The first-order valence-electron chi connectivity index (χ1n) is 11.5. The number of fused-ring (bicyclic) bond motifs is 1. The Kier molecular flexibility index (Phi) is 7.54. The van der Waals surface area contributed by atoms with Crippen LogP contribution in [0.1, 0.15) is 61.8 Å². The summed E-state index contributed by atoms with van der Waals surface area (Å²) in [5.74, 6) is 0.742. The molecule has 1 N–H and O–H groups in total. The van der Waals surface area contributed by atoms with Crippen LogP contribution in [0.25, 0.3) is 10.1 Å². The van der Waals surface area contributed by atoms with Gasteiger partial charge < -0.3 is 19.3 Å². The molecule has 0 saturated heterocycles. The van der Waals surface area contributed by atoms with Crippen molar-refractivity contribution in [3.05, 3.63) is 52.3 Å². The predicted octanol–water partition coefficient (Wildman–Crippen LogP) is 5.51. The molecule has 1 saturated carbocycles. The van der Waals surface area contributed by atoms with Crippen LogP contribution in [-0.2, 0) is 0 Å². The molecule has 0 unspecified atom stereocenters. The summed E-state index contributed by atoms with van der Waals surface area (Å²) in [6.07, 6.45) is 6.16. The zero-order valence-corrected chi connectivity index (χ0v) is 19.6. The van der Waals surface area contributed by atoms with E-state index in [1.807, 2.05) is 29.1 Å². The smallest absolute Gasteiger partial charge is 0.335 e. The van der Waals surface area contributed by atoms with E-state index in [1.54, 1.807) is 17.6 Å². The van der Waals surface area contributed by atoms with Gasteiger partial charge in [-0.2, -0.15) is 0 Å². The highest BCUT2D eigenvalue weighted by atomic mass is 32.1. The fourth-order valence-electron chi connectivity index (χ4n) is 4.09. The van der Waals surface area contributed by atoms with E-state index in [0.29, 0.717) is 37.4 Å². The first kappa shape index (κ1) is 23.2. The number of hydrogen-bond donors (Lipinski definition) is 1. The van der Waals surface area contributed by atoms with Gasteiger partial charge in [0.05, 0.1) is 35.5 Å². The Labute approximate surface area is 196 Å². The van der Waals surface area contributed by atoms with Gasteiger partial charge >= 0.3 is 5.97 Å². The van der Waals surface area contributed by atoms with Gasteiger partial charge in [-0.3, -0.25) is 8.75 Å². The van der Waals surface area contributed by atoms with Crippen molar-refractivity contribution in [3.63, 3.8) is 0 Å². The number of benzene rings is 2. The van der Waals surface area contributed by atoms with Gasteiger partial charge in [-0.1, -0.05) is 24.4 Å². The summed E-state index contributed by atoms with van der Waals surface area (Å²) in [6, 6.07) is 10.7. The Morgan fingerprint density at radius 1 is 1.03 bits per heavy atom. The summed E-state index contributed by atoms with van der Waals surface area (Å²) in [5.41, 5.74) is 0.285. The number of nitrogens with zero attached hydrogens (tertiary/aromatic N) is 1. The van der Waals surface area contributed by atoms with Crippen LogP contribution in [0, 0.1) is 0 Å². The van der Waals surface area contributed by atoms with Gasteiger partial charge in [-0.15, -0.1) is 0 Å². The predicted molar refractivity (Wildman–Crippen MR) is 128 cm³/mol. The number of ether oxygens (including phenoxy) is 3. The quantitative estimate of drug-likeness (QED) is 0.371. The summed E-state index contributed by atoms with van der Waals surface area (Å²) in [5, 5.41) is 9.90. The van der Waals surface area contributed by atoms with Crippen LogP contribution in [0.2, 0.25) is 0 Å². The highest BCUT2D eigenvalue weighted by molar-refractivity contribution is 7.13. The van der Waals surface area contributed by atoms with Gasteiger partial charge in [0.1, 0.15) is 5.75 Å². The van der Waals surface area contributed by atoms with Crippen molar-refractivity contribution in [2.75, 3.05) is 19.8 Å². The van der Waals surface area contributed by atoms with Crippen LogP contribution in [0.15, 0.2) is 41.2 Å². The molecule has 1 fully saturated rings. The van der Waals surface area contributed by atoms with E-state index in [-0.39, 0.29) is 11.1 Å². The zero-order chi connectivity index (χ0) is 23.2. The number of unbranched alkanes of at least 4 members (excludes halogenated alkanes) is 1. The lowest BCUT2D eigenvalue weighted by molar-refractivity contribution is 0.0696. The Hall–Kier alpha value is -3.00. The van der Waals surface area contributed by atoms with Crippen molar-refractivity contribution >= 4 is 27.6 Å². The molecule has 0 atom stereocenters. The van der Waals surface area contributed by atoms with Crippen LogP contribution < -0.4 is 19.8 Å². The van der Waals surface area contributed by atoms with Crippen molar-refractivity contribution < 1.29 is 24.1 Å². The maximum atomic E-state index is 12.7. The zero-order valence-electron chi connectivity index (χ0n) is 18.7. The molecule has 0 aliphatic heterocycles. The highest BCUT2D eigenvalue weighted by Gasteiger charge is 2.21. The van der Waals surface area contributed by atoms with E-state index in [9.17, 15) is 9.59 Å². The van der Waals surface area contributed by atoms with Crippen LogP contribution >= 0.6 is 11.5 Å². The molecule has 1 heterocycles. The Balaban J connectivity index is 1.26. The van der Waals surface area contributed by atoms with Gasteiger partial charge in [-0.05, 0) is 69.0 Å². The third kappa shape index (κ3) is 5.50. The third-order valence-electron chi connectivity index (χ3n) is 5.79. The van der Waals surface area contributed by atoms with Gasteiger partial charge in [0.25, 0.3) is 5.56 Å². The molecule has 8 heteroatoms. The second-order valence-electron chi connectivity index (χ2n) is 8.12. The monoisotopic (exact) mass is 471 g/mol. The molecule has 4 rings (SSSR count). The van der Waals surface area contributed by atoms with E-state index in [1.165, 1.54) is 25.0 Å².